The highest BCUT2D eigenvalue weighted by atomic mass is 16.5. The lowest BCUT2D eigenvalue weighted by atomic mass is 9.72. The number of hydrogen-bond donors (Lipinski definition) is 1. The van der Waals surface area contributed by atoms with Crippen LogP contribution < -0.4 is 4.74 Å². The van der Waals surface area contributed by atoms with Crippen molar-refractivity contribution in [2.45, 2.75) is 38.3 Å². The summed E-state index contributed by atoms with van der Waals surface area (Å²) < 4.78 is 5.47. The molecule has 6 rings (SSSR count). The van der Waals surface area contributed by atoms with E-state index in [1.807, 2.05) is 42.6 Å². The lowest BCUT2D eigenvalue weighted by Crippen LogP contribution is -2.55. The van der Waals surface area contributed by atoms with Crippen molar-refractivity contribution in [3.63, 3.8) is 0 Å². The summed E-state index contributed by atoms with van der Waals surface area (Å²) in [6.45, 7) is 4.48. The zero-order chi connectivity index (χ0) is 20.7. The molecule has 5 nitrogen and oxygen atoms in total. The summed E-state index contributed by atoms with van der Waals surface area (Å²) in [4.78, 5) is 11.6. The van der Waals surface area contributed by atoms with Crippen LogP contribution in [0.15, 0.2) is 48.8 Å². The molecular weight excluding hydrogens is 374 g/mol. The van der Waals surface area contributed by atoms with Crippen LogP contribution >= 0.6 is 0 Å². The normalized spacial score (nSPS) is 26.6. The average Bonchev–Trinajstić information content (AvgIpc) is 2.83. The van der Waals surface area contributed by atoms with Gasteiger partial charge in [0.05, 0.1) is 24.4 Å². The van der Waals surface area contributed by atoms with Crippen molar-refractivity contribution in [3.05, 3.63) is 54.4 Å². The van der Waals surface area contributed by atoms with E-state index in [-0.39, 0.29) is 6.04 Å². The van der Waals surface area contributed by atoms with Crippen molar-refractivity contribution < 1.29 is 9.84 Å². The molecule has 0 saturated carbocycles. The Bertz CT molecular complexity index is 1040. The lowest BCUT2D eigenvalue weighted by molar-refractivity contribution is -0.0562. The lowest BCUT2D eigenvalue weighted by Gasteiger charge is -2.51. The fourth-order valence-corrected chi connectivity index (χ4v) is 5.44. The highest BCUT2D eigenvalue weighted by Crippen LogP contribution is 2.43. The number of piperidine rings is 3. The van der Waals surface area contributed by atoms with Crippen LogP contribution in [-0.2, 0) is 0 Å². The van der Waals surface area contributed by atoms with Crippen LogP contribution in [0.1, 0.15) is 37.9 Å². The number of methoxy groups -OCH3 is 1. The third-order valence-electron chi connectivity index (χ3n) is 7.15. The molecule has 5 heterocycles. The molecule has 5 atom stereocenters. The molecule has 2 unspecified atom stereocenters. The number of nitrogens with zero attached hydrogens (tertiary/aromatic N) is 3. The van der Waals surface area contributed by atoms with E-state index in [1.54, 1.807) is 13.3 Å². The van der Waals surface area contributed by atoms with Gasteiger partial charge in [-0.1, -0.05) is 13.3 Å². The topological polar surface area (TPSA) is 58.5 Å². The van der Waals surface area contributed by atoms with Gasteiger partial charge in [0.1, 0.15) is 5.75 Å². The van der Waals surface area contributed by atoms with Gasteiger partial charge >= 0.3 is 0 Å². The summed E-state index contributed by atoms with van der Waals surface area (Å²) in [6.07, 6.45) is 6.58. The molecular formula is C25H29N3O2. The molecule has 2 aromatic heterocycles. The Kier molecular flexibility index (Phi) is 5.17. The van der Waals surface area contributed by atoms with Crippen LogP contribution in [0.3, 0.4) is 0 Å². The van der Waals surface area contributed by atoms with Crippen molar-refractivity contribution >= 4 is 10.9 Å². The monoisotopic (exact) mass is 403 g/mol. The summed E-state index contributed by atoms with van der Waals surface area (Å²) in [5, 5.41) is 12.6. The minimum absolute atomic E-state index is 0.157. The second-order valence-corrected chi connectivity index (χ2v) is 8.68. The number of aromatic nitrogens is 2. The van der Waals surface area contributed by atoms with Crippen LogP contribution in [-0.4, -0.2) is 46.2 Å². The number of aliphatic hydroxyl groups is 1. The van der Waals surface area contributed by atoms with Crippen LogP contribution in [0.2, 0.25) is 0 Å². The average molecular weight is 404 g/mol. The molecule has 3 saturated heterocycles. The third kappa shape index (κ3) is 3.36. The van der Waals surface area contributed by atoms with Crippen molar-refractivity contribution in [3.8, 4) is 17.0 Å². The van der Waals surface area contributed by atoms with Gasteiger partial charge in [-0.25, -0.2) is 4.98 Å². The fourth-order valence-electron chi connectivity index (χ4n) is 5.44. The SMILES string of the molecule is CC[C@H]1CN2CC[C@@H]1CC2[C@H](O)c1cc(-c2cccnc2)nc2ccc(OC)cc12. The molecule has 156 valence electrons. The van der Waals surface area contributed by atoms with E-state index >= 15 is 0 Å². The first-order valence-corrected chi connectivity index (χ1v) is 11.0. The number of aliphatic hydroxyl groups excluding tert-OH is 1. The summed E-state index contributed by atoms with van der Waals surface area (Å²) in [5.41, 5.74) is 3.61. The standard InChI is InChI=1S/C25H29N3O2/c1-3-16-15-28-10-8-17(16)11-24(28)25(29)21-13-23(18-5-4-9-26-14-18)27-22-7-6-19(30-2)12-20(21)22/h4-7,9,12-14,16-17,24-25,29H,3,8,10-11,15H2,1-2H3/t16-,17+,24?,25+/m0/s1. The van der Waals surface area contributed by atoms with Crippen LogP contribution in [0.25, 0.3) is 22.2 Å². The van der Waals surface area contributed by atoms with E-state index in [9.17, 15) is 5.11 Å². The van der Waals surface area contributed by atoms with E-state index in [4.69, 9.17) is 9.72 Å². The molecule has 0 amide bonds. The Labute approximate surface area is 177 Å². The maximum atomic E-state index is 11.6. The molecule has 2 bridgehead atoms. The van der Waals surface area contributed by atoms with Gasteiger partial charge in [0, 0.05) is 35.9 Å². The zero-order valence-corrected chi connectivity index (χ0v) is 17.7. The van der Waals surface area contributed by atoms with Gasteiger partial charge in [-0.15, -0.1) is 0 Å². The fraction of sp³-hybridized carbons (Fsp3) is 0.440. The van der Waals surface area contributed by atoms with Crippen LogP contribution in [0, 0.1) is 11.8 Å². The highest BCUT2D eigenvalue weighted by molar-refractivity contribution is 5.87. The molecule has 30 heavy (non-hydrogen) atoms. The van der Waals surface area contributed by atoms with E-state index in [1.165, 1.54) is 12.8 Å². The Balaban J connectivity index is 1.59. The Morgan fingerprint density at radius 3 is 2.87 bits per heavy atom. The number of hydrogen-bond acceptors (Lipinski definition) is 5. The molecule has 3 aromatic rings. The first-order valence-electron chi connectivity index (χ1n) is 11.0. The highest BCUT2D eigenvalue weighted by Gasteiger charge is 2.42. The summed E-state index contributed by atoms with van der Waals surface area (Å²) in [5.74, 6) is 2.27. The van der Waals surface area contributed by atoms with Gasteiger partial charge in [-0.2, -0.15) is 0 Å². The predicted molar refractivity (Wildman–Crippen MR) is 118 cm³/mol. The molecule has 3 fully saturated rings. The van der Waals surface area contributed by atoms with E-state index in [0.717, 1.165) is 64.8 Å². The van der Waals surface area contributed by atoms with Crippen LogP contribution in [0.5, 0.6) is 5.75 Å². The molecule has 1 N–H and O–H groups in total. The third-order valence-corrected chi connectivity index (χ3v) is 7.15. The summed E-state index contributed by atoms with van der Waals surface area (Å²) >= 11 is 0. The van der Waals surface area contributed by atoms with Gasteiger partial charge in [-0.05, 0) is 73.2 Å². The van der Waals surface area contributed by atoms with Crippen molar-refractivity contribution in [2.75, 3.05) is 20.2 Å². The van der Waals surface area contributed by atoms with Crippen LogP contribution in [0.4, 0.5) is 0 Å². The van der Waals surface area contributed by atoms with E-state index in [2.05, 4.69) is 16.8 Å². The van der Waals surface area contributed by atoms with Gasteiger partial charge in [0.25, 0.3) is 0 Å². The zero-order valence-electron chi connectivity index (χ0n) is 17.7. The number of fused-ring (bicyclic) bond motifs is 4. The quantitative estimate of drug-likeness (QED) is 0.682. The Hall–Kier alpha value is -2.50. The van der Waals surface area contributed by atoms with Crippen molar-refractivity contribution in [1.82, 2.24) is 14.9 Å². The Morgan fingerprint density at radius 2 is 2.17 bits per heavy atom. The molecule has 5 heteroatoms. The predicted octanol–water partition coefficient (Wildman–Crippen LogP) is 4.46. The molecule has 1 aromatic carbocycles. The molecule has 3 aliphatic heterocycles. The van der Waals surface area contributed by atoms with Crippen molar-refractivity contribution in [1.29, 1.82) is 0 Å². The maximum Gasteiger partial charge on any atom is 0.119 e. The van der Waals surface area contributed by atoms with Crippen molar-refractivity contribution in [2.24, 2.45) is 11.8 Å². The molecule has 3 aliphatic rings. The molecule has 0 aliphatic carbocycles. The Morgan fingerprint density at radius 1 is 1.27 bits per heavy atom. The smallest absolute Gasteiger partial charge is 0.119 e. The van der Waals surface area contributed by atoms with E-state index < -0.39 is 6.10 Å². The second-order valence-electron chi connectivity index (χ2n) is 8.68. The minimum atomic E-state index is -0.557. The molecule has 0 spiro atoms. The summed E-state index contributed by atoms with van der Waals surface area (Å²) in [6, 6.07) is 12.0. The van der Waals surface area contributed by atoms with Gasteiger partial charge in [0.2, 0.25) is 0 Å². The largest absolute Gasteiger partial charge is 0.497 e. The number of ether oxygens (including phenoxy) is 1. The molecule has 0 radical (unpaired) electrons. The van der Waals surface area contributed by atoms with Gasteiger partial charge in [-0.3, -0.25) is 9.88 Å². The second kappa shape index (κ2) is 7.97. The minimum Gasteiger partial charge on any atom is -0.497 e. The van der Waals surface area contributed by atoms with Gasteiger partial charge < -0.3 is 9.84 Å². The first kappa shape index (κ1) is 19.5. The van der Waals surface area contributed by atoms with Gasteiger partial charge in [0.15, 0.2) is 0 Å². The summed E-state index contributed by atoms with van der Waals surface area (Å²) in [7, 11) is 1.67. The number of pyridine rings is 2. The first-order chi connectivity index (χ1) is 14.7. The maximum absolute atomic E-state index is 11.6. The number of benzene rings is 1. The van der Waals surface area contributed by atoms with E-state index in [0.29, 0.717) is 0 Å². The number of rotatable bonds is 5.